The minimum atomic E-state index is -0.587. The van der Waals surface area contributed by atoms with Gasteiger partial charge < -0.3 is 10.2 Å². The molecule has 0 bridgehead atoms. The van der Waals surface area contributed by atoms with Crippen LogP contribution in [-0.4, -0.2) is 46.0 Å². The molecule has 1 aliphatic carbocycles. The van der Waals surface area contributed by atoms with Crippen LogP contribution in [-0.2, 0) is 13.0 Å². The van der Waals surface area contributed by atoms with Gasteiger partial charge in [0.2, 0.25) is 0 Å². The Morgan fingerprint density at radius 2 is 1.94 bits per heavy atom. The second-order valence-electron chi connectivity index (χ2n) is 8.68. The van der Waals surface area contributed by atoms with Gasteiger partial charge in [0, 0.05) is 30.4 Å². The van der Waals surface area contributed by atoms with Crippen molar-refractivity contribution in [3.8, 4) is 0 Å². The number of aryl methyl sites for hydroxylation is 1. The highest BCUT2D eigenvalue weighted by Crippen LogP contribution is 2.40. The summed E-state index contributed by atoms with van der Waals surface area (Å²) in [5, 5.41) is 3.06. The van der Waals surface area contributed by atoms with Gasteiger partial charge in [0.1, 0.15) is 0 Å². The molecule has 0 aliphatic heterocycles. The molecule has 1 saturated carbocycles. The molecule has 0 unspecified atom stereocenters. The van der Waals surface area contributed by atoms with Gasteiger partial charge in [-0.1, -0.05) is 19.1 Å². The van der Waals surface area contributed by atoms with Crippen LogP contribution < -0.4 is 16.6 Å². The van der Waals surface area contributed by atoms with Crippen LogP contribution in [0.2, 0.25) is 0 Å². The lowest BCUT2D eigenvalue weighted by atomic mass is 10.1. The molecule has 1 amide bonds. The SMILES string of the molecule is CCCn1c(=O)[nH]c(=O)c2c(C(=O)Nc3ccc(CCN(C)C)cc3)cc(C3CC3)nc21. The average molecular weight is 436 g/mol. The molecule has 32 heavy (non-hydrogen) atoms. The highest BCUT2D eigenvalue weighted by molar-refractivity contribution is 6.11. The van der Waals surface area contributed by atoms with E-state index >= 15 is 0 Å². The lowest BCUT2D eigenvalue weighted by Crippen LogP contribution is -2.32. The summed E-state index contributed by atoms with van der Waals surface area (Å²) in [6, 6.07) is 9.42. The molecule has 0 saturated heterocycles. The van der Waals surface area contributed by atoms with Gasteiger partial charge in [-0.2, -0.15) is 0 Å². The minimum absolute atomic E-state index is 0.155. The Hall–Kier alpha value is -3.26. The van der Waals surface area contributed by atoms with Crippen molar-refractivity contribution in [3.05, 3.63) is 68.0 Å². The molecule has 1 aromatic carbocycles. The topological polar surface area (TPSA) is 100 Å². The summed E-state index contributed by atoms with van der Waals surface area (Å²) in [6.07, 6.45) is 3.62. The van der Waals surface area contributed by atoms with E-state index in [-0.39, 0.29) is 28.4 Å². The van der Waals surface area contributed by atoms with E-state index in [2.05, 4.69) is 20.2 Å². The van der Waals surface area contributed by atoms with Crippen molar-refractivity contribution < 1.29 is 4.79 Å². The van der Waals surface area contributed by atoms with Crippen molar-refractivity contribution in [2.45, 2.75) is 45.1 Å². The molecule has 0 atom stereocenters. The van der Waals surface area contributed by atoms with Crippen molar-refractivity contribution >= 4 is 22.6 Å². The summed E-state index contributed by atoms with van der Waals surface area (Å²) in [7, 11) is 4.07. The number of likely N-dealkylation sites (N-methyl/N-ethyl adjacent to an activating group) is 1. The van der Waals surface area contributed by atoms with E-state index in [1.165, 1.54) is 10.1 Å². The van der Waals surface area contributed by atoms with E-state index in [4.69, 9.17) is 0 Å². The summed E-state index contributed by atoms with van der Waals surface area (Å²) >= 11 is 0. The number of aromatic amines is 1. The second kappa shape index (κ2) is 9.08. The van der Waals surface area contributed by atoms with E-state index in [9.17, 15) is 14.4 Å². The number of benzene rings is 1. The van der Waals surface area contributed by atoms with E-state index in [1.807, 2.05) is 45.3 Å². The number of hydrogen-bond donors (Lipinski definition) is 2. The van der Waals surface area contributed by atoms with Crippen molar-refractivity contribution in [2.24, 2.45) is 0 Å². The number of nitrogens with zero attached hydrogens (tertiary/aromatic N) is 3. The number of nitrogens with one attached hydrogen (secondary N) is 2. The van der Waals surface area contributed by atoms with Crippen LogP contribution in [0.15, 0.2) is 39.9 Å². The van der Waals surface area contributed by atoms with Crippen molar-refractivity contribution in [1.29, 1.82) is 0 Å². The van der Waals surface area contributed by atoms with Crippen LogP contribution in [0.4, 0.5) is 5.69 Å². The van der Waals surface area contributed by atoms with Gasteiger partial charge in [0.25, 0.3) is 11.5 Å². The van der Waals surface area contributed by atoms with Crippen molar-refractivity contribution in [2.75, 3.05) is 26.0 Å². The van der Waals surface area contributed by atoms with Crippen LogP contribution in [0.1, 0.15) is 53.7 Å². The van der Waals surface area contributed by atoms with Crippen LogP contribution in [0.5, 0.6) is 0 Å². The largest absolute Gasteiger partial charge is 0.329 e. The third-order valence-corrected chi connectivity index (χ3v) is 5.72. The smallest absolute Gasteiger partial charge is 0.322 e. The maximum atomic E-state index is 13.2. The Labute approximate surface area is 186 Å². The molecule has 4 rings (SSSR count). The summed E-state index contributed by atoms with van der Waals surface area (Å²) in [6.45, 7) is 3.31. The minimum Gasteiger partial charge on any atom is -0.322 e. The maximum Gasteiger partial charge on any atom is 0.329 e. The number of carbonyl (C=O) groups excluding carboxylic acids is 1. The third kappa shape index (κ3) is 4.65. The first-order valence-corrected chi connectivity index (χ1v) is 11.1. The molecule has 8 heteroatoms. The number of anilines is 1. The lowest BCUT2D eigenvalue weighted by Gasteiger charge is -2.13. The van der Waals surface area contributed by atoms with Crippen LogP contribution in [0, 0.1) is 0 Å². The number of rotatable bonds is 8. The Bertz CT molecular complexity index is 1250. The molecule has 1 aliphatic rings. The van der Waals surface area contributed by atoms with E-state index in [0.717, 1.165) is 31.5 Å². The zero-order valence-corrected chi connectivity index (χ0v) is 18.8. The molecular formula is C24H29N5O3. The van der Waals surface area contributed by atoms with E-state index in [1.54, 1.807) is 6.07 Å². The van der Waals surface area contributed by atoms with Gasteiger partial charge in [-0.25, -0.2) is 9.78 Å². The van der Waals surface area contributed by atoms with Gasteiger partial charge in [0.15, 0.2) is 5.65 Å². The molecule has 8 nitrogen and oxygen atoms in total. The van der Waals surface area contributed by atoms with Crippen LogP contribution in [0.3, 0.4) is 0 Å². The third-order valence-electron chi connectivity index (χ3n) is 5.72. The van der Waals surface area contributed by atoms with Gasteiger partial charge >= 0.3 is 5.69 Å². The predicted molar refractivity (Wildman–Crippen MR) is 126 cm³/mol. The Morgan fingerprint density at radius 1 is 1.22 bits per heavy atom. The van der Waals surface area contributed by atoms with Gasteiger partial charge in [-0.15, -0.1) is 0 Å². The van der Waals surface area contributed by atoms with Crippen molar-refractivity contribution in [1.82, 2.24) is 19.4 Å². The van der Waals surface area contributed by atoms with Gasteiger partial charge in [0.05, 0.1) is 10.9 Å². The summed E-state index contributed by atoms with van der Waals surface area (Å²) in [4.78, 5) is 47.5. The predicted octanol–water partition coefficient (Wildman–Crippen LogP) is 2.73. The average Bonchev–Trinajstić information content (AvgIpc) is 3.60. The number of pyridine rings is 1. The van der Waals surface area contributed by atoms with E-state index in [0.29, 0.717) is 18.7 Å². The quantitative estimate of drug-likeness (QED) is 0.567. The Kier molecular flexibility index (Phi) is 6.23. The molecule has 2 heterocycles. The van der Waals surface area contributed by atoms with Gasteiger partial charge in [-0.05, 0) is 63.5 Å². The number of hydrogen-bond acceptors (Lipinski definition) is 5. The molecule has 1 fully saturated rings. The first-order chi connectivity index (χ1) is 15.4. The Morgan fingerprint density at radius 3 is 2.56 bits per heavy atom. The van der Waals surface area contributed by atoms with E-state index < -0.39 is 11.2 Å². The molecule has 0 spiro atoms. The number of fused-ring (bicyclic) bond motifs is 1. The highest BCUT2D eigenvalue weighted by atomic mass is 16.2. The second-order valence-corrected chi connectivity index (χ2v) is 8.68. The zero-order chi connectivity index (χ0) is 22.8. The fourth-order valence-electron chi connectivity index (χ4n) is 3.80. The van der Waals surface area contributed by atoms with Crippen LogP contribution in [0.25, 0.3) is 11.0 Å². The van der Waals surface area contributed by atoms with Crippen LogP contribution >= 0.6 is 0 Å². The highest BCUT2D eigenvalue weighted by Gasteiger charge is 2.28. The lowest BCUT2D eigenvalue weighted by molar-refractivity contribution is 0.102. The first-order valence-electron chi connectivity index (χ1n) is 11.1. The summed E-state index contributed by atoms with van der Waals surface area (Å²) in [5.41, 5.74) is 2.05. The Balaban J connectivity index is 1.71. The molecule has 0 radical (unpaired) electrons. The molecule has 168 valence electrons. The van der Waals surface area contributed by atoms with Gasteiger partial charge in [-0.3, -0.25) is 19.1 Å². The number of carbonyl (C=O) groups is 1. The molecule has 2 N–H and O–H groups in total. The monoisotopic (exact) mass is 435 g/mol. The maximum absolute atomic E-state index is 13.2. The fraction of sp³-hybridized carbons (Fsp3) is 0.417. The standard InChI is InChI=1S/C24H29N5O3/c1-4-12-29-21-20(23(31)27-24(29)32)18(14-19(26-21)16-7-8-16)22(30)25-17-9-5-15(6-10-17)11-13-28(2)3/h5-6,9-10,14,16H,4,7-8,11-13H2,1-3H3,(H,25,30)(H,27,31,32). The molecule has 3 aromatic rings. The number of amides is 1. The molecular weight excluding hydrogens is 406 g/mol. The number of H-pyrrole nitrogens is 1. The molecule has 2 aromatic heterocycles. The summed E-state index contributed by atoms with van der Waals surface area (Å²) in [5.74, 6) is -0.112. The van der Waals surface area contributed by atoms with Crippen molar-refractivity contribution in [3.63, 3.8) is 0 Å². The zero-order valence-electron chi connectivity index (χ0n) is 18.8. The number of aromatic nitrogens is 3. The first kappa shape index (κ1) is 22.0. The fourth-order valence-corrected chi connectivity index (χ4v) is 3.80. The summed E-state index contributed by atoms with van der Waals surface area (Å²) < 4.78 is 1.46. The normalized spacial score (nSPS) is 13.6.